The number of hydrogen-bond acceptors (Lipinski definition) is 8. The summed E-state index contributed by atoms with van der Waals surface area (Å²) in [5.74, 6) is -0.833. The summed E-state index contributed by atoms with van der Waals surface area (Å²) in [6.07, 6.45) is 44.9. The van der Waals surface area contributed by atoms with E-state index >= 15 is 0 Å². The average molecular weight is 800 g/mol. The maximum absolute atomic E-state index is 12.6. The smallest absolute Gasteiger partial charge is 0.462 e. The van der Waals surface area contributed by atoms with E-state index in [2.05, 4.69) is 38.2 Å². The van der Waals surface area contributed by atoms with Crippen LogP contribution < -0.4 is 5.73 Å². The van der Waals surface area contributed by atoms with Crippen molar-refractivity contribution >= 4 is 19.8 Å². The Labute approximate surface area is 338 Å². The number of nitrogens with two attached hydrogens (primary N) is 1. The second kappa shape index (κ2) is 42.1. The molecule has 0 spiro atoms. The zero-order chi connectivity index (χ0) is 40.3. The molecule has 0 heterocycles. The number of phosphoric acid groups is 1. The molecule has 0 aromatic heterocycles. The molecule has 0 saturated carbocycles. The molecule has 0 amide bonds. The van der Waals surface area contributed by atoms with E-state index < -0.39 is 26.5 Å². The Morgan fingerprint density at radius 2 is 0.891 bits per heavy atom. The van der Waals surface area contributed by atoms with Crippen LogP contribution in [-0.4, -0.2) is 49.3 Å². The number of esters is 2. The van der Waals surface area contributed by atoms with Gasteiger partial charge in [-0.2, -0.15) is 0 Å². The van der Waals surface area contributed by atoms with Gasteiger partial charge in [-0.3, -0.25) is 18.6 Å². The number of ether oxygens (including phenoxy) is 2. The molecule has 0 bridgehead atoms. The van der Waals surface area contributed by atoms with Crippen LogP contribution in [0.1, 0.15) is 219 Å². The van der Waals surface area contributed by atoms with E-state index in [1.54, 1.807) is 0 Å². The third-order valence-electron chi connectivity index (χ3n) is 9.81. The summed E-state index contributed by atoms with van der Waals surface area (Å²) in [5.41, 5.74) is 5.35. The molecule has 9 nitrogen and oxygen atoms in total. The van der Waals surface area contributed by atoms with Gasteiger partial charge in [-0.15, -0.1) is 0 Å². The van der Waals surface area contributed by atoms with Crippen LogP contribution in [0.4, 0.5) is 0 Å². The van der Waals surface area contributed by atoms with Crippen LogP contribution in [0, 0.1) is 0 Å². The van der Waals surface area contributed by atoms with Crippen molar-refractivity contribution < 1.29 is 37.6 Å². The van der Waals surface area contributed by atoms with Gasteiger partial charge >= 0.3 is 19.8 Å². The lowest BCUT2D eigenvalue weighted by molar-refractivity contribution is -0.161. The lowest BCUT2D eigenvalue weighted by atomic mass is 10.0. The van der Waals surface area contributed by atoms with Gasteiger partial charge in [0.05, 0.1) is 13.2 Å². The highest BCUT2D eigenvalue weighted by Crippen LogP contribution is 2.43. The average Bonchev–Trinajstić information content (AvgIpc) is 3.17. The van der Waals surface area contributed by atoms with Crippen LogP contribution >= 0.6 is 7.82 Å². The van der Waals surface area contributed by atoms with Gasteiger partial charge in [-0.05, 0) is 64.2 Å². The zero-order valence-electron chi connectivity index (χ0n) is 35.7. The summed E-state index contributed by atoms with van der Waals surface area (Å²) >= 11 is 0. The fourth-order valence-electron chi connectivity index (χ4n) is 6.39. The van der Waals surface area contributed by atoms with Crippen LogP contribution in [0.25, 0.3) is 0 Å². The van der Waals surface area contributed by atoms with Crippen LogP contribution in [0.2, 0.25) is 0 Å². The first kappa shape index (κ1) is 53.5. The van der Waals surface area contributed by atoms with Gasteiger partial charge < -0.3 is 20.1 Å². The molecule has 0 aromatic carbocycles. The summed E-state index contributed by atoms with van der Waals surface area (Å²) in [5, 5.41) is 0. The van der Waals surface area contributed by atoms with Crippen molar-refractivity contribution in [3.63, 3.8) is 0 Å². The van der Waals surface area contributed by atoms with E-state index in [-0.39, 0.29) is 38.6 Å². The van der Waals surface area contributed by atoms with Gasteiger partial charge in [-0.25, -0.2) is 4.57 Å². The molecule has 55 heavy (non-hydrogen) atoms. The minimum absolute atomic E-state index is 0.0534. The fraction of sp³-hybridized carbons (Fsp3) is 0.867. The predicted molar refractivity (Wildman–Crippen MR) is 229 cm³/mol. The van der Waals surface area contributed by atoms with Crippen molar-refractivity contribution in [2.24, 2.45) is 5.73 Å². The number of hydrogen-bond donors (Lipinski definition) is 2. The first-order valence-corrected chi connectivity index (χ1v) is 24.3. The lowest BCUT2D eigenvalue weighted by Gasteiger charge is -2.19. The monoisotopic (exact) mass is 800 g/mol. The lowest BCUT2D eigenvalue weighted by Crippen LogP contribution is -2.29. The van der Waals surface area contributed by atoms with Crippen molar-refractivity contribution in [2.75, 3.05) is 26.4 Å². The number of carbonyl (C=O) groups excluding carboxylic acids is 2. The summed E-state index contributed by atoms with van der Waals surface area (Å²) < 4.78 is 32.8. The van der Waals surface area contributed by atoms with Gasteiger partial charge in [0, 0.05) is 19.4 Å². The van der Waals surface area contributed by atoms with Gasteiger partial charge in [0.2, 0.25) is 0 Å². The van der Waals surface area contributed by atoms with Crippen molar-refractivity contribution in [1.82, 2.24) is 0 Å². The minimum atomic E-state index is -4.38. The highest BCUT2D eigenvalue weighted by molar-refractivity contribution is 7.47. The quantitative estimate of drug-likeness (QED) is 0.0267. The third kappa shape index (κ3) is 41.9. The Balaban J connectivity index is 4.08. The summed E-state index contributed by atoms with van der Waals surface area (Å²) in [6.45, 7) is 3.72. The molecule has 1 unspecified atom stereocenters. The number of unbranched alkanes of at least 4 members (excludes halogenated alkanes) is 26. The topological polar surface area (TPSA) is 134 Å². The van der Waals surface area contributed by atoms with Crippen LogP contribution in [0.15, 0.2) is 24.3 Å². The maximum Gasteiger partial charge on any atom is 0.472 e. The molecule has 0 fully saturated rings. The first-order valence-electron chi connectivity index (χ1n) is 22.8. The highest BCUT2D eigenvalue weighted by Gasteiger charge is 2.26. The van der Waals surface area contributed by atoms with Gasteiger partial charge in [0.25, 0.3) is 0 Å². The summed E-state index contributed by atoms with van der Waals surface area (Å²) in [7, 11) is -4.38. The van der Waals surface area contributed by atoms with Gasteiger partial charge in [0.1, 0.15) is 6.61 Å². The molecule has 0 aliphatic rings. The second-order valence-electron chi connectivity index (χ2n) is 15.3. The molecule has 10 heteroatoms. The van der Waals surface area contributed by atoms with E-state index in [9.17, 15) is 19.0 Å². The molecule has 3 N–H and O–H groups in total. The standard InChI is InChI=1S/C45H86NO8P/c1-3-5-7-9-11-13-15-17-18-19-20-21-22-23-24-26-28-30-32-34-36-38-45(48)54-43(42-53-55(49,50)52-40-39-46)41-51-44(47)37-35-33-31-29-27-25-16-14-12-10-8-6-4-2/h14,16-18,43H,3-13,15,19-42,46H2,1-2H3,(H,49,50)/t43-/m1/s1. The van der Waals surface area contributed by atoms with E-state index in [0.717, 1.165) is 57.8 Å². The third-order valence-corrected chi connectivity index (χ3v) is 10.8. The van der Waals surface area contributed by atoms with Gasteiger partial charge in [-0.1, -0.05) is 167 Å². The van der Waals surface area contributed by atoms with Crippen molar-refractivity contribution in [1.29, 1.82) is 0 Å². The number of rotatable bonds is 43. The molecule has 2 atom stereocenters. The molecule has 0 aliphatic carbocycles. The van der Waals surface area contributed by atoms with E-state index in [4.69, 9.17) is 24.3 Å². The Morgan fingerprint density at radius 1 is 0.527 bits per heavy atom. The maximum atomic E-state index is 12.6. The van der Waals surface area contributed by atoms with Gasteiger partial charge in [0.15, 0.2) is 6.10 Å². The molecular weight excluding hydrogens is 713 g/mol. The molecule has 0 aromatic rings. The van der Waals surface area contributed by atoms with E-state index in [0.29, 0.717) is 6.42 Å². The van der Waals surface area contributed by atoms with Crippen molar-refractivity contribution in [3.8, 4) is 0 Å². The zero-order valence-corrected chi connectivity index (χ0v) is 36.6. The number of allylic oxidation sites excluding steroid dienone is 4. The Hall–Kier alpha value is -1.51. The first-order chi connectivity index (χ1) is 26.8. The molecule has 0 radical (unpaired) electrons. The van der Waals surface area contributed by atoms with E-state index in [1.807, 2.05) is 0 Å². The van der Waals surface area contributed by atoms with Crippen molar-refractivity contribution in [3.05, 3.63) is 24.3 Å². The summed E-state index contributed by atoms with van der Waals surface area (Å²) in [4.78, 5) is 34.9. The van der Waals surface area contributed by atoms with E-state index in [1.165, 1.54) is 128 Å². The van der Waals surface area contributed by atoms with Crippen LogP contribution in [0.5, 0.6) is 0 Å². The molecule has 324 valence electrons. The Morgan fingerprint density at radius 3 is 1.31 bits per heavy atom. The Kier molecular flexibility index (Phi) is 40.9. The molecule has 0 saturated heterocycles. The largest absolute Gasteiger partial charge is 0.472 e. The molecule has 0 aliphatic heterocycles. The number of phosphoric ester groups is 1. The molecule has 0 rings (SSSR count). The van der Waals surface area contributed by atoms with Crippen LogP contribution in [0.3, 0.4) is 0 Å². The number of carbonyl (C=O) groups is 2. The van der Waals surface area contributed by atoms with Crippen LogP contribution in [-0.2, 0) is 32.7 Å². The SMILES string of the molecule is CCCCCCC=CCCCCCCCC(=O)OC[C@H](COP(=O)(O)OCCN)OC(=O)CCCCCCCCCCCCCC=CCCCCCCCC. The predicted octanol–water partition coefficient (Wildman–Crippen LogP) is 13.2. The second-order valence-corrected chi connectivity index (χ2v) is 16.7. The van der Waals surface area contributed by atoms with Crippen molar-refractivity contribution in [2.45, 2.75) is 225 Å². The Bertz CT molecular complexity index is 959. The summed E-state index contributed by atoms with van der Waals surface area (Å²) in [6, 6.07) is 0. The minimum Gasteiger partial charge on any atom is -0.462 e. The molecular formula is C45H86NO8P. The normalized spacial score (nSPS) is 13.5. The highest BCUT2D eigenvalue weighted by atomic mass is 31.2. The fourth-order valence-corrected chi connectivity index (χ4v) is 7.15.